The van der Waals surface area contributed by atoms with Crippen molar-refractivity contribution in [1.29, 1.82) is 0 Å². The third-order valence-corrected chi connectivity index (χ3v) is 5.19. The van der Waals surface area contributed by atoms with Crippen molar-refractivity contribution >= 4 is 23.5 Å². The molecule has 7 heteroatoms. The number of aliphatic imine (C=N–C) groups is 1. The lowest BCUT2D eigenvalue weighted by Gasteiger charge is -2.28. The molecule has 2 aromatic carbocycles. The molecule has 2 aliphatic rings. The number of rotatable bonds is 6. The van der Waals surface area contributed by atoms with Gasteiger partial charge in [-0.25, -0.2) is 0 Å². The molecule has 0 saturated carbocycles. The highest BCUT2D eigenvalue weighted by Gasteiger charge is 2.17. The molecule has 0 atom stereocenters. The Kier molecular flexibility index (Phi) is 6.95. The number of hydrogen-bond donors (Lipinski definition) is 0. The Balaban J connectivity index is 1.27. The van der Waals surface area contributed by atoms with Crippen LogP contribution in [0.3, 0.4) is 0 Å². The van der Waals surface area contributed by atoms with E-state index in [-0.39, 0.29) is 12.5 Å². The normalized spacial score (nSPS) is 17.3. The lowest BCUT2D eigenvalue weighted by atomic mass is 10.2. The van der Waals surface area contributed by atoms with E-state index in [0.29, 0.717) is 32.1 Å². The van der Waals surface area contributed by atoms with E-state index >= 15 is 0 Å². The first kappa shape index (κ1) is 20.4. The highest BCUT2D eigenvalue weighted by Crippen LogP contribution is 2.21. The summed E-state index contributed by atoms with van der Waals surface area (Å²) in [5.41, 5.74) is 3.08. The first-order chi connectivity index (χ1) is 14.8. The number of morpholine rings is 2. The zero-order valence-electron chi connectivity index (χ0n) is 17.0. The molecule has 7 nitrogen and oxygen atoms in total. The van der Waals surface area contributed by atoms with Crippen LogP contribution in [0.5, 0.6) is 5.75 Å². The minimum absolute atomic E-state index is 0.00975. The van der Waals surface area contributed by atoms with Crippen molar-refractivity contribution < 1.29 is 19.0 Å². The molecule has 4 rings (SSSR count). The van der Waals surface area contributed by atoms with Crippen LogP contribution < -0.4 is 9.64 Å². The number of ether oxygens (including phenoxy) is 3. The van der Waals surface area contributed by atoms with Gasteiger partial charge >= 0.3 is 0 Å². The quantitative estimate of drug-likeness (QED) is 0.686. The molecule has 2 aliphatic heterocycles. The molecular formula is C23H27N3O4. The molecule has 0 unspecified atom stereocenters. The Morgan fingerprint density at radius 3 is 2.20 bits per heavy atom. The second-order valence-electron chi connectivity index (χ2n) is 7.22. The number of benzene rings is 2. The third-order valence-electron chi connectivity index (χ3n) is 5.19. The van der Waals surface area contributed by atoms with Crippen LogP contribution in [0.4, 0.5) is 11.4 Å². The first-order valence-corrected chi connectivity index (χ1v) is 10.3. The van der Waals surface area contributed by atoms with Crippen LogP contribution >= 0.6 is 0 Å². The molecule has 2 saturated heterocycles. The number of amides is 1. The molecule has 2 fully saturated rings. The second kappa shape index (κ2) is 10.2. The largest absolute Gasteiger partial charge is 0.484 e. The summed E-state index contributed by atoms with van der Waals surface area (Å²) < 4.78 is 16.3. The Labute approximate surface area is 176 Å². The van der Waals surface area contributed by atoms with Gasteiger partial charge in [0.05, 0.1) is 32.1 Å². The Morgan fingerprint density at radius 2 is 1.53 bits per heavy atom. The van der Waals surface area contributed by atoms with Crippen LogP contribution in [-0.4, -0.2) is 76.2 Å². The molecule has 0 bridgehead atoms. The van der Waals surface area contributed by atoms with E-state index in [2.05, 4.69) is 22.0 Å². The molecule has 0 radical (unpaired) electrons. The van der Waals surface area contributed by atoms with E-state index in [4.69, 9.17) is 14.2 Å². The second-order valence-corrected chi connectivity index (χ2v) is 7.22. The smallest absolute Gasteiger partial charge is 0.260 e. The Hall–Kier alpha value is -2.90. The van der Waals surface area contributed by atoms with Crippen molar-refractivity contribution in [3.8, 4) is 5.75 Å². The van der Waals surface area contributed by atoms with Gasteiger partial charge in [-0.15, -0.1) is 0 Å². The standard InChI is InChI=1S/C23H27N3O4/c27-23(26-11-15-29-16-12-26)18-30-22-7-1-19(2-8-22)17-24-20-3-5-21(6-4-20)25-9-13-28-14-10-25/h1-8,17H,9-16,18H2. The number of anilines is 1. The molecule has 30 heavy (non-hydrogen) atoms. The summed E-state index contributed by atoms with van der Waals surface area (Å²) in [6, 6.07) is 15.8. The molecule has 0 aromatic heterocycles. The van der Waals surface area contributed by atoms with Gasteiger partial charge < -0.3 is 24.0 Å². The average molecular weight is 409 g/mol. The predicted molar refractivity (Wildman–Crippen MR) is 116 cm³/mol. The van der Waals surface area contributed by atoms with Gasteiger partial charge in [-0.1, -0.05) is 0 Å². The molecule has 0 aliphatic carbocycles. The van der Waals surface area contributed by atoms with Crippen LogP contribution in [0, 0.1) is 0 Å². The average Bonchev–Trinajstić information content (AvgIpc) is 2.83. The van der Waals surface area contributed by atoms with Crippen LogP contribution in [0.1, 0.15) is 5.56 Å². The zero-order valence-corrected chi connectivity index (χ0v) is 17.0. The van der Waals surface area contributed by atoms with Gasteiger partial charge in [-0.3, -0.25) is 9.79 Å². The highest BCUT2D eigenvalue weighted by atomic mass is 16.5. The van der Waals surface area contributed by atoms with Crippen molar-refractivity contribution in [2.75, 3.05) is 64.1 Å². The summed E-state index contributed by atoms with van der Waals surface area (Å²) in [5.74, 6) is 0.660. The van der Waals surface area contributed by atoms with Gasteiger partial charge in [-0.05, 0) is 54.1 Å². The monoisotopic (exact) mass is 409 g/mol. The van der Waals surface area contributed by atoms with E-state index in [1.807, 2.05) is 42.6 Å². The summed E-state index contributed by atoms with van der Waals surface area (Å²) >= 11 is 0. The molecule has 1 amide bonds. The van der Waals surface area contributed by atoms with Crippen LogP contribution in [0.2, 0.25) is 0 Å². The highest BCUT2D eigenvalue weighted by molar-refractivity contribution is 5.82. The fourth-order valence-electron chi connectivity index (χ4n) is 3.42. The van der Waals surface area contributed by atoms with Crippen LogP contribution in [-0.2, 0) is 14.3 Å². The number of hydrogen-bond acceptors (Lipinski definition) is 6. The maximum Gasteiger partial charge on any atom is 0.260 e. The fourth-order valence-corrected chi connectivity index (χ4v) is 3.42. The maximum atomic E-state index is 12.1. The van der Waals surface area contributed by atoms with Crippen LogP contribution in [0.15, 0.2) is 53.5 Å². The van der Waals surface area contributed by atoms with Gasteiger partial charge in [0.15, 0.2) is 6.61 Å². The minimum Gasteiger partial charge on any atom is -0.484 e. The zero-order chi connectivity index (χ0) is 20.6. The van der Waals surface area contributed by atoms with Gasteiger partial charge in [0.25, 0.3) is 5.91 Å². The topological polar surface area (TPSA) is 63.6 Å². The predicted octanol–water partition coefficient (Wildman–Crippen LogP) is 2.51. The van der Waals surface area contributed by atoms with Crippen molar-refractivity contribution in [3.05, 3.63) is 54.1 Å². The lowest BCUT2D eigenvalue weighted by Crippen LogP contribution is -2.42. The molecule has 158 valence electrons. The summed E-state index contributed by atoms with van der Waals surface area (Å²) in [5, 5.41) is 0. The first-order valence-electron chi connectivity index (χ1n) is 10.3. The molecule has 2 aromatic rings. The van der Waals surface area contributed by atoms with Crippen molar-refractivity contribution in [3.63, 3.8) is 0 Å². The number of nitrogens with zero attached hydrogens (tertiary/aromatic N) is 3. The van der Waals surface area contributed by atoms with E-state index in [0.717, 1.165) is 37.6 Å². The van der Waals surface area contributed by atoms with Crippen molar-refractivity contribution in [2.45, 2.75) is 0 Å². The molecule has 0 spiro atoms. The van der Waals surface area contributed by atoms with Crippen molar-refractivity contribution in [2.24, 2.45) is 4.99 Å². The van der Waals surface area contributed by atoms with E-state index in [1.54, 1.807) is 4.90 Å². The van der Waals surface area contributed by atoms with Gasteiger partial charge in [0.2, 0.25) is 0 Å². The van der Waals surface area contributed by atoms with E-state index in [9.17, 15) is 4.79 Å². The van der Waals surface area contributed by atoms with Gasteiger partial charge in [0.1, 0.15) is 5.75 Å². The number of carbonyl (C=O) groups excluding carboxylic acids is 1. The minimum atomic E-state index is -0.00975. The fraction of sp³-hybridized carbons (Fsp3) is 0.391. The molecule has 0 N–H and O–H groups in total. The SMILES string of the molecule is O=C(COc1ccc(C=Nc2ccc(N3CCOCC3)cc2)cc1)N1CCOCC1. The van der Waals surface area contributed by atoms with Gasteiger partial charge in [-0.2, -0.15) is 0 Å². The summed E-state index contributed by atoms with van der Waals surface area (Å²) in [7, 11) is 0. The van der Waals surface area contributed by atoms with Gasteiger partial charge in [0, 0.05) is 38.1 Å². The summed E-state index contributed by atoms with van der Waals surface area (Å²) in [6.45, 7) is 5.90. The lowest BCUT2D eigenvalue weighted by molar-refractivity contribution is -0.137. The Bertz CT molecular complexity index is 840. The molecule has 2 heterocycles. The summed E-state index contributed by atoms with van der Waals surface area (Å²) in [4.78, 5) is 20.8. The van der Waals surface area contributed by atoms with E-state index < -0.39 is 0 Å². The summed E-state index contributed by atoms with van der Waals surface area (Å²) in [6.07, 6.45) is 1.83. The number of carbonyl (C=O) groups is 1. The van der Waals surface area contributed by atoms with Crippen LogP contribution in [0.25, 0.3) is 0 Å². The van der Waals surface area contributed by atoms with Crippen molar-refractivity contribution in [1.82, 2.24) is 4.90 Å². The van der Waals surface area contributed by atoms with E-state index in [1.165, 1.54) is 5.69 Å². The third kappa shape index (κ3) is 5.58. The maximum absolute atomic E-state index is 12.1. The molecular weight excluding hydrogens is 382 g/mol. The Morgan fingerprint density at radius 1 is 0.900 bits per heavy atom.